The first-order valence-electron chi connectivity index (χ1n) is 7.15. The molecular weight excluding hydrogens is 378 g/mol. The van der Waals surface area contributed by atoms with Crippen molar-refractivity contribution in [3.05, 3.63) is 59.2 Å². The van der Waals surface area contributed by atoms with Crippen molar-refractivity contribution in [2.45, 2.75) is 16.7 Å². The van der Waals surface area contributed by atoms with Gasteiger partial charge in [0.05, 0.1) is 16.2 Å². The third-order valence-electron chi connectivity index (χ3n) is 2.95. The van der Waals surface area contributed by atoms with Gasteiger partial charge in [-0.15, -0.1) is 22.9 Å². The van der Waals surface area contributed by atoms with Crippen LogP contribution in [-0.4, -0.2) is 27.4 Å². The molecular formula is C17H16ClN3O2S2. The minimum absolute atomic E-state index is 0.275. The lowest BCUT2D eigenvalue weighted by Gasteiger charge is -2.10. The van der Waals surface area contributed by atoms with Crippen LogP contribution in [0.1, 0.15) is 16.1 Å². The van der Waals surface area contributed by atoms with Gasteiger partial charge in [0, 0.05) is 22.9 Å². The molecule has 0 saturated heterocycles. The number of carbonyl (C=O) groups is 1. The molecule has 0 fully saturated rings. The summed E-state index contributed by atoms with van der Waals surface area (Å²) in [5, 5.41) is 15.2. The molecule has 0 radical (unpaired) electrons. The van der Waals surface area contributed by atoms with E-state index in [2.05, 4.69) is 26.9 Å². The number of aromatic carboxylic acids is 1. The fourth-order valence-corrected chi connectivity index (χ4v) is 3.61. The Balaban J connectivity index is 0.00000109. The maximum atomic E-state index is 11.3. The molecule has 130 valence electrons. The van der Waals surface area contributed by atoms with Crippen molar-refractivity contribution in [1.29, 1.82) is 0 Å². The molecule has 0 aliphatic heterocycles. The molecule has 0 amide bonds. The highest BCUT2D eigenvalue weighted by Crippen LogP contribution is 2.35. The van der Waals surface area contributed by atoms with Crippen molar-refractivity contribution in [3.8, 4) is 0 Å². The molecule has 3 aromatic rings. The molecule has 0 unspecified atom stereocenters. The predicted molar refractivity (Wildman–Crippen MR) is 104 cm³/mol. The van der Waals surface area contributed by atoms with Crippen molar-refractivity contribution in [2.24, 2.45) is 0 Å². The van der Waals surface area contributed by atoms with Crippen molar-refractivity contribution < 1.29 is 9.90 Å². The zero-order valence-corrected chi connectivity index (χ0v) is 16.0. The number of pyridine rings is 1. The minimum Gasteiger partial charge on any atom is -0.478 e. The third kappa shape index (κ3) is 5.19. The number of rotatable bonds is 5. The van der Waals surface area contributed by atoms with Crippen molar-refractivity contribution in [1.82, 2.24) is 9.97 Å². The lowest BCUT2D eigenvalue weighted by molar-refractivity contribution is 0.0693. The van der Waals surface area contributed by atoms with E-state index in [0.717, 1.165) is 15.7 Å². The summed E-state index contributed by atoms with van der Waals surface area (Å²) in [6.07, 6.45) is 3.16. The van der Waals surface area contributed by atoms with Crippen molar-refractivity contribution in [2.75, 3.05) is 11.7 Å². The number of carboxylic acids is 1. The first kappa shape index (κ1) is 19.2. The lowest BCUT2D eigenvalue weighted by Crippen LogP contribution is -1.99. The van der Waals surface area contributed by atoms with Gasteiger partial charge in [-0.3, -0.25) is 0 Å². The number of nitrogens with zero attached hydrogens (tertiary/aromatic N) is 2. The molecule has 8 heteroatoms. The second-order valence-electron chi connectivity index (χ2n) is 4.67. The maximum Gasteiger partial charge on any atom is 0.336 e. The number of aromatic nitrogens is 2. The molecule has 0 aliphatic carbocycles. The highest BCUT2D eigenvalue weighted by molar-refractivity contribution is 7.99. The number of aryl methyl sites for hydroxylation is 1. The number of anilines is 2. The minimum atomic E-state index is -0.943. The zero-order chi connectivity index (χ0) is 18.2. The summed E-state index contributed by atoms with van der Waals surface area (Å²) >= 11 is 7.51. The Bertz CT molecular complexity index is 855. The van der Waals surface area contributed by atoms with E-state index in [9.17, 15) is 9.90 Å². The van der Waals surface area contributed by atoms with Gasteiger partial charge in [-0.25, -0.2) is 14.8 Å². The van der Waals surface area contributed by atoms with Gasteiger partial charge in [-0.2, -0.15) is 0 Å². The molecule has 25 heavy (non-hydrogen) atoms. The molecule has 3 rings (SSSR count). The molecule has 0 spiro atoms. The SMILES string of the molecule is CCl.Cc1csc(Nc2ncccc2Sc2ccccc2C(=O)O)n1. The fraction of sp³-hybridized carbons (Fsp3) is 0.118. The number of halogens is 1. The highest BCUT2D eigenvalue weighted by atomic mass is 35.5. The molecule has 0 bridgehead atoms. The van der Waals surface area contributed by atoms with E-state index in [1.165, 1.54) is 29.5 Å². The highest BCUT2D eigenvalue weighted by Gasteiger charge is 2.13. The number of hydrogen-bond donors (Lipinski definition) is 2. The second-order valence-corrected chi connectivity index (χ2v) is 6.61. The van der Waals surface area contributed by atoms with E-state index < -0.39 is 5.97 Å². The van der Waals surface area contributed by atoms with Crippen LogP contribution in [0, 0.1) is 6.92 Å². The van der Waals surface area contributed by atoms with Gasteiger partial charge in [-0.1, -0.05) is 23.9 Å². The smallest absolute Gasteiger partial charge is 0.336 e. The molecule has 0 saturated carbocycles. The van der Waals surface area contributed by atoms with Crippen molar-refractivity contribution >= 4 is 51.6 Å². The zero-order valence-electron chi connectivity index (χ0n) is 13.6. The normalized spacial score (nSPS) is 9.88. The Labute approximate surface area is 159 Å². The van der Waals surface area contributed by atoms with Crippen LogP contribution >= 0.6 is 34.7 Å². The standard InChI is InChI=1S/C16H13N3O2S2.CH3Cl/c1-10-9-22-16(18-10)19-14-13(7-4-8-17-14)23-12-6-3-2-5-11(12)15(20)21;1-2/h2-9H,1H3,(H,20,21)(H,17,18,19);1H3. The van der Waals surface area contributed by atoms with Crippen molar-refractivity contribution in [3.63, 3.8) is 0 Å². The molecule has 0 atom stereocenters. The largest absolute Gasteiger partial charge is 0.478 e. The van der Waals surface area contributed by atoms with Crippen LogP contribution in [0.5, 0.6) is 0 Å². The molecule has 2 aromatic heterocycles. The average molecular weight is 394 g/mol. The number of alkyl halides is 1. The summed E-state index contributed by atoms with van der Waals surface area (Å²) in [5.74, 6) is -0.283. The second kappa shape index (κ2) is 9.41. The number of benzene rings is 1. The van der Waals surface area contributed by atoms with Crippen LogP contribution in [0.2, 0.25) is 0 Å². The first-order valence-corrected chi connectivity index (χ1v) is 9.61. The van der Waals surface area contributed by atoms with Gasteiger partial charge in [0.2, 0.25) is 0 Å². The first-order chi connectivity index (χ1) is 12.1. The summed E-state index contributed by atoms with van der Waals surface area (Å²) in [6, 6.07) is 10.6. The monoisotopic (exact) mass is 393 g/mol. The number of nitrogens with one attached hydrogen (secondary N) is 1. The van der Waals surface area contributed by atoms with Gasteiger partial charge in [0.15, 0.2) is 5.13 Å². The van der Waals surface area contributed by atoms with E-state index >= 15 is 0 Å². The summed E-state index contributed by atoms with van der Waals surface area (Å²) in [5.41, 5.74) is 1.22. The number of thiazole rings is 1. The Morgan fingerprint density at radius 3 is 2.60 bits per heavy atom. The molecule has 2 heterocycles. The van der Waals surface area contributed by atoms with Gasteiger partial charge < -0.3 is 10.4 Å². The van der Waals surface area contributed by atoms with Gasteiger partial charge in [0.1, 0.15) is 5.82 Å². The number of hydrogen-bond acceptors (Lipinski definition) is 6. The lowest BCUT2D eigenvalue weighted by atomic mass is 10.2. The number of carboxylic acid groups (broad SMARTS) is 1. The molecule has 1 aromatic carbocycles. The van der Waals surface area contributed by atoms with Crippen LogP contribution in [0.4, 0.5) is 10.9 Å². The quantitative estimate of drug-likeness (QED) is 0.573. The van der Waals surface area contributed by atoms with Gasteiger partial charge >= 0.3 is 5.97 Å². The summed E-state index contributed by atoms with van der Waals surface area (Å²) < 4.78 is 0. The van der Waals surface area contributed by atoms with E-state index in [-0.39, 0.29) is 5.56 Å². The molecule has 5 nitrogen and oxygen atoms in total. The molecule has 2 N–H and O–H groups in total. The summed E-state index contributed by atoms with van der Waals surface area (Å²) in [7, 11) is 0. The summed E-state index contributed by atoms with van der Waals surface area (Å²) in [6.45, 7) is 1.93. The van der Waals surface area contributed by atoms with E-state index in [4.69, 9.17) is 0 Å². The van der Waals surface area contributed by atoms with Crippen LogP contribution in [0.25, 0.3) is 0 Å². The Hall–Kier alpha value is -2.09. The van der Waals surface area contributed by atoms with E-state index in [1.807, 2.05) is 30.5 Å². The van der Waals surface area contributed by atoms with Crippen LogP contribution in [-0.2, 0) is 0 Å². The van der Waals surface area contributed by atoms with E-state index in [0.29, 0.717) is 10.7 Å². The van der Waals surface area contributed by atoms with Crippen LogP contribution in [0.15, 0.2) is 57.8 Å². The predicted octanol–water partition coefficient (Wildman–Crippen LogP) is 5.29. The Morgan fingerprint density at radius 1 is 1.20 bits per heavy atom. The summed E-state index contributed by atoms with van der Waals surface area (Å²) in [4.78, 5) is 21.6. The average Bonchev–Trinajstić information content (AvgIpc) is 3.03. The van der Waals surface area contributed by atoms with Crippen LogP contribution < -0.4 is 5.32 Å². The topological polar surface area (TPSA) is 75.1 Å². The Kier molecular flexibility index (Phi) is 7.24. The van der Waals surface area contributed by atoms with E-state index in [1.54, 1.807) is 24.4 Å². The van der Waals surface area contributed by atoms with Gasteiger partial charge in [-0.05, 0) is 31.2 Å². The van der Waals surface area contributed by atoms with Gasteiger partial charge in [0.25, 0.3) is 0 Å². The van der Waals surface area contributed by atoms with Crippen LogP contribution in [0.3, 0.4) is 0 Å². The maximum absolute atomic E-state index is 11.3. The fourth-order valence-electron chi connectivity index (χ4n) is 1.93. The Morgan fingerprint density at radius 2 is 1.92 bits per heavy atom. The molecule has 0 aliphatic rings. The third-order valence-corrected chi connectivity index (χ3v) is 4.95.